The fourth-order valence-corrected chi connectivity index (χ4v) is 2.30. The Morgan fingerprint density at radius 3 is 2.82 bits per heavy atom. The monoisotopic (exact) mass is 248 g/mol. The van der Waals surface area contributed by atoms with E-state index in [4.69, 9.17) is 10.3 Å². The molecule has 0 spiro atoms. The third-order valence-electron chi connectivity index (χ3n) is 2.25. The summed E-state index contributed by atoms with van der Waals surface area (Å²) in [6.07, 6.45) is 0. The van der Waals surface area contributed by atoms with E-state index < -0.39 is 0 Å². The maximum absolute atomic E-state index is 5.69. The van der Waals surface area contributed by atoms with Crippen molar-refractivity contribution in [2.24, 2.45) is 5.73 Å². The highest BCUT2D eigenvalue weighted by Gasteiger charge is 2.06. The lowest BCUT2D eigenvalue weighted by Gasteiger charge is -2.01. The fraction of sp³-hybridized carbons (Fsp3) is 0.308. The molecule has 1 unspecified atom stereocenters. The van der Waals surface area contributed by atoms with E-state index in [1.165, 1.54) is 0 Å². The molecule has 17 heavy (non-hydrogen) atoms. The summed E-state index contributed by atoms with van der Waals surface area (Å²) in [6.45, 7) is 2.01. The van der Waals surface area contributed by atoms with Crippen molar-refractivity contribution in [3.05, 3.63) is 42.1 Å². The van der Waals surface area contributed by atoms with Crippen LogP contribution in [0.1, 0.15) is 12.6 Å². The number of thioether (sulfide) groups is 1. The second-order valence-corrected chi connectivity index (χ2v) is 5.07. The highest BCUT2D eigenvalue weighted by molar-refractivity contribution is 7.98. The van der Waals surface area contributed by atoms with Gasteiger partial charge in [-0.1, -0.05) is 35.5 Å². The first-order valence-corrected chi connectivity index (χ1v) is 6.75. The van der Waals surface area contributed by atoms with E-state index in [2.05, 4.69) is 5.16 Å². The van der Waals surface area contributed by atoms with E-state index in [0.717, 1.165) is 28.5 Å². The Morgan fingerprint density at radius 2 is 2.12 bits per heavy atom. The summed E-state index contributed by atoms with van der Waals surface area (Å²) in [5.41, 5.74) is 7.71. The van der Waals surface area contributed by atoms with E-state index >= 15 is 0 Å². The first-order valence-electron chi connectivity index (χ1n) is 5.60. The van der Waals surface area contributed by atoms with Crippen molar-refractivity contribution in [1.29, 1.82) is 0 Å². The van der Waals surface area contributed by atoms with Crippen LogP contribution >= 0.6 is 11.8 Å². The van der Waals surface area contributed by atoms with E-state index in [1.54, 1.807) is 11.8 Å². The van der Waals surface area contributed by atoms with Crippen LogP contribution in [0.2, 0.25) is 0 Å². The van der Waals surface area contributed by atoms with Crippen molar-refractivity contribution in [3.8, 4) is 11.3 Å². The summed E-state index contributed by atoms with van der Waals surface area (Å²) >= 11 is 1.78. The molecular weight excluding hydrogens is 232 g/mol. The average Bonchev–Trinajstić information content (AvgIpc) is 2.78. The molecule has 0 radical (unpaired) electrons. The van der Waals surface area contributed by atoms with Gasteiger partial charge in [-0.05, 0) is 6.92 Å². The Balaban J connectivity index is 1.97. The van der Waals surface area contributed by atoms with Crippen LogP contribution in [0.15, 0.2) is 40.9 Å². The molecule has 2 N–H and O–H groups in total. The highest BCUT2D eigenvalue weighted by Crippen LogP contribution is 2.21. The van der Waals surface area contributed by atoms with Gasteiger partial charge in [0, 0.05) is 29.2 Å². The van der Waals surface area contributed by atoms with Crippen LogP contribution in [0.3, 0.4) is 0 Å². The van der Waals surface area contributed by atoms with Gasteiger partial charge >= 0.3 is 0 Å². The van der Waals surface area contributed by atoms with Crippen LogP contribution in [0.25, 0.3) is 11.3 Å². The summed E-state index contributed by atoms with van der Waals surface area (Å²) in [4.78, 5) is 0. The summed E-state index contributed by atoms with van der Waals surface area (Å²) in [6, 6.07) is 12.2. The third-order valence-corrected chi connectivity index (χ3v) is 3.51. The molecule has 0 aliphatic rings. The quantitative estimate of drug-likeness (QED) is 0.884. The van der Waals surface area contributed by atoms with Gasteiger partial charge in [-0.3, -0.25) is 0 Å². The Bertz CT molecular complexity index is 453. The zero-order valence-corrected chi connectivity index (χ0v) is 10.6. The summed E-state index contributed by atoms with van der Waals surface area (Å²) in [7, 11) is 0. The second kappa shape index (κ2) is 5.89. The smallest absolute Gasteiger partial charge is 0.167 e. The Hall–Kier alpha value is -1.26. The fourth-order valence-electron chi connectivity index (χ4n) is 1.47. The predicted molar refractivity (Wildman–Crippen MR) is 71.8 cm³/mol. The molecule has 2 aromatic rings. The van der Waals surface area contributed by atoms with Gasteiger partial charge in [0.05, 0.1) is 5.69 Å². The number of hydrogen-bond acceptors (Lipinski definition) is 4. The average molecular weight is 248 g/mol. The van der Waals surface area contributed by atoms with Crippen LogP contribution in [-0.4, -0.2) is 17.0 Å². The number of aromatic nitrogens is 1. The topological polar surface area (TPSA) is 52.0 Å². The lowest BCUT2D eigenvalue weighted by atomic mass is 10.2. The first kappa shape index (κ1) is 12.2. The SMILES string of the molecule is CC(N)CSCc1cc(-c2ccccc2)on1. The lowest BCUT2D eigenvalue weighted by molar-refractivity contribution is 0.426. The van der Waals surface area contributed by atoms with Gasteiger partial charge in [-0.15, -0.1) is 0 Å². The lowest BCUT2D eigenvalue weighted by Crippen LogP contribution is -2.17. The minimum atomic E-state index is 0.223. The molecule has 0 aliphatic carbocycles. The Kier molecular flexibility index (Phi) is 4.23. The maximum atomic E-state index is 5.69. The molecule has 90 valence electrons. The molecule has 3 nitrogen and oxygen atoms in total. The summed E-state index contributed by atoms with van der Waals surface area (Å²) < 4.78 is 5.31. The zero-order valence-electron chi connectivity index (χ0n) is 9.80. The zero-order chi connectivity index (χ0) is 12.1. The van der Waals surface area contributed by atoms with Crippen LogP contribution in [-0.2, 0) is 5.75 Å². The molecule has 1 atom stereocenters. The van der Waals surface area contributed by atoms with Gasteiger partial charge in [-0.2, -0.15) is 11.8 Å². The molecule has 0 saturated carbocycles. The molecule has 0 aliphatic heterocycles. The van der Waals surface area contributed by atoms with Crippen molar-refractivity contribution in [3.63, 3.8) is 0 Å². The molecule has 0 fully saturated rings. The molecule has 0 amide bonds. The van der Waals surface area contributed by atoms with E-state index in [9.17, 15) is 0 Å². The largest absolute Gasteiger partial charge is 0.356 e. The second-order valence-electron chi connectivity index (χ2n) is 4.04. The first-order chi connectivity index (χ1) is 8.25. The molecule has 2 rings (SSSR count). The van der Waals surface area contributed by atoms with Crippen LogP contribution in [0.5, 0.6) is 0 Å². The van der Waals surface area contributed by atoms with Crippen molar-refractivity contribution < 1.29 is 4.52 Å². The number of nitrogens with two attached hydrogens (primary N) is 1. The normalized spacial score (nSPS) is 12.6. The number of benzene rings is 1. The highest BCUT2D eigenvalue weighted by atomic mass is 32.2. The molecule has 0 bridgehead atoms. The molecule has 0 saturated heterocycles. The molecule has 1 aromatic carbocycles. The van der Waals surface area contributed by atoms with Crippen molar-refractivity contribution in [2.45, 2.75) is 18.7 Å². The van der Waals surface area contributed by atoms with Crippen LogP contribution in [0, 0.1) is 0 Å². The van der Waals surface area contributed by atoms with Crippen molar-refractivity contribution in [2.75, 3.05) is 5.75 Å². The van der Waals surface area contributed by atoms with Gasteiger partial charge < -0.3 is 10.3 Å². The molecule has 4 heteroatoms. The van der Waals surface area contributed by atoms with Gasteiger partial charge in [0.25, 0.3) is 0 Å². The van der Waals surface area contributed by atoms with Crippen LogP contribution in [0.4, 0.5) is 0 Å². The van der Waals surface area contributed by atoms with Gasteiger partial charge in [-0.25, -0.2) is 0 Å². The van der Waals surface area contributed by atoms with E-state index in [0.29, 0.717) is 0 Å². The molecule has 1 heterocycles. The summed E-state index contributed by atoms with van der Waals surface area (Å²) in [5, 5.41) is 4.05. The van der Waals surface area contributed by atoms with Crippen LogP contribution < -0.4 is 5.73 Å². The Morgan fingerprint density at radius 1 is 1.35 bits per heavy atom. The van der Waals surface area contributed by atoms with Crippen molar-refractivity contribution in [1.82, 2.24) is 5.16 Å². The minimum absolute atomic E-state index is 0.223. The summed E-state index contributed by atoms with van der Waals surface area (Å²) in [5.74, 6) is 2.60. The van der Waals surface area contributed by atoms with Gasteiger partial charge in [0.2, 0.25) is 0 Å². The number of rotatable bonds is 5. The number of nitrogens with zero attached hydrogens (tertiary/aromatic N) is 1. The van der Waals surface area contributed by atoms with Gasteiger partial charge in [0.15, 0.2) is 5.76 Å². The number of hydrogen-bond donors (Lipinski definition) is 1. The molecular formula is C13H16N2OS. The molecule has 1 aromatic heterocycles. The van der Waals surface area contributed by atoms with E-state index in [-0.39, 0.29) is 6.04 Å². The standard InChI is InChI=1S/C13H16N2OS/c1-10(14)8-17-9-12-7-13(16-15-12)11-5-3-2-4-6-11/h2-7,10H,8-9,14H2,1H3. The maximum Gasteiger partial charge on any atom is 0.167 e. The van der Waals surface area contributed by atoms with Gasteiger partial charge in [0.1, 0.15) is 0 Å². The van der Waals surface area contributed by atoms with Crippen molar-refractivity contribution >= 4 is 11.8 Å². The minimum Gasteiger partial charge on any atom is -0.356 e. The Labute approximate surface area is 105 Å². The third kappa shape index (κ3) is 3.61. The predicted octanol–water partition coefficient (Wildman–Crippen LogP) is 2.92. The van der Waals surface area contributed by atoms with E-state index in [1.807, 2.05) is 43.3 Å².